The molecule has 0 amide bonds. The normalized spacial score (nSPS) is 37.1. The number of rotatable bonds is 2. The van der Waals surface area contributed by atoms with Gasteiger partial charge in [0.15, 0.2) is 0 Å². The summed E-state index contributed by atoms with van der Waals surface area (Å²) < 4.78 is 0. The highest BCUT2D eigenvalue weighted by Gasteiger charge is 2.34. The molecule has 0 aromatic carbocycles. The second kappa shape index (κ2) is 4.66. The smallest absolute Gasteiger partial charge is 0.00249 e. The zero-order chi connectivity index (χ0) is 11.8. The zero-order valence-corrected chi connectivity index (χ0v) is 11.4. The highest BCUT2D eigenvalue weighted by Crippen LogP contribution is 2.34. The van der Waals surface area contributed by atoms with Crippen LogP contribution in [0.4, 0.5) is 0 Å². The van der Waals surface area contributed by atoms with Crippen molar-refractivity contribution in [2.45, 2.75) is 34.1 Å². The topological polar surface area (TPSA) is 15.3 Å². The second-order valence-electron chi connectivity index (χ2n) is 7.01. The van der Waals surface area contributed by atoms with Crippen LogP contribution in [-0.2, 0) is 0 Å². The van der Waals surface area contributed by atoms with Gasteiger partial charge in [0.1, 0.15) is 0 Å². The minimum atomic E-state index is 0.494. The first-order valence-corrected chi connectivity index (χ1v) is 6.90. The van der Waals surface area contributed by atoms with Crippen LogP contribution in [0.1, 0.15) is 34.1 Å². The van der Waals surface area contributed by atoms with E-state index in [1.807, 2.05) is 0 Å². The quantitative estimate of drug-likeness (QED) is 0.773. The van der Waals surface area contributed by atoms with Gasteiger partial charge in [0, 0.05) is 13.1 Å². The van der Waals surface area contributed by atoms with Crippen LogP contribution in [0.15, 0.2) is 0 Å². The molecule has 2 fully saturated rings. The van der Waals surface area contributed by atoms with Gasteiger partial charge in [-0.3, -0.25) is 0 Å². The number of hydrogen-bond donors (Lipinski definition) is 1. The van der Waals surface area contributed by atoms with Gasteiger partial charge in [-0.25, -0.2) is 0 Å². The summed E-state index contributed by atoms with van der Waals surface area (Å²) in [6.07, 6.45) is 1.40. The highest BCUT2D eigenvalue weighted by atomic mass is 15.2. The highest BCUT2D eigenvalue weighted by molar-refractivity contribution is 4.87. The van der Waals surface area contributed by atoms with Crippen molar-refractivity contribution in [3.8, 4) is 0 Å². The molecule has 16 heavy (non-hydrogen) atoms. The van der Waals surface area contributed by atoms with Crippen molar-refractivity contribution in [2.75, 3.05) is 32.7 Å². The largest absolute Gasteiger partial charge is 0.316 e. The molecule has 3 atom stereocenters. The van der Waals surface area contributed by atoms with E-state index in [0.717, 1.165) is 17.8 Å². The molecule has 0 aliphatic carbocycles. The van der Waals surface area contributed by atoms with E-state index in [1.54, 1.807) is 0 Å². The van der Waals surface area contributed by atoms with Gasteiger partial charge >= 0.3 is 0 Å². The fourth-order valence-electron chi connectivity index (χ4n) is 3.15. The van der Waals surface area contributed by atoms with E-state index in [9.17, 15) is 0 Å². The molecule has 2 rings (SSSR count). The number of nitrogens with zero attached hydrogens (tertiary/aromatic N) is 1. The monoisotopic (exact) mass is 224 g/mol. The Hall–Kier alpha value is -0.0800. The molecule has 0 saturated carbocycles. The molecule has 1 N–H and O–H groups in total. The summed E-state index contributed by atoms with van der Waals surface area (Å²) in [5, 5.41) is 3.51. The molecule has 0 aromatic heterocycles. The van der Waals surface area contributed by atoms with E-state index in [-0.39, 0.29) is 0 Å². The van der Waals surface area contributed by atoms with E-state index < -0.39 is 0 Å². The molecule has 0 aromatic rings. The maximum Gasteiger partial charge on any atom is 0.00249 e. The molecule has 0 radical (unpaired) electrons. The fourth-order valence-corrected chi connectivity index (χ4v) is 3.15. The molecule has 0 spiro atoms. The maximum absolute atomic E-state index is 3.51. The third kappa shape index (κ3) is 2.78. The third-order valence-electron chi connectivity index (χ3n) is 4.67. The summed E-state index contributed by atoms with van der Waals surface area (Å²) in [5.74, 6) is 2.66. The predicted octanol–water partition coefficient (Wildman–Crippen LogP) is 2.21. The number of likely N-dealkylation sites (tertiary alicyclic amines) is 1. The average molecular weight is 224 g/mol. The standard InChI is InChI=1S/C14H28N2/c1-11-7-15-8-12(11)9-16-6-5-13(10-16)14(2,3)4/h11-13,15H,5-10H2,1-4H3. The first-order chi connectivity index (χ1) is 7.47. The molecule has 2 aliphatic rings. The van der Waals surface area contributed by atoms with Crippen LogP contribution in [0.2, 0.25) is 0 Å². The van der Waals surface area contributed by atoms with Crippen LogP contribution in [0.25, 0.3) is 0 Å². The zero-order valence-electron chi connectivity index (χ0n) is 11.4. The number of hydrogen-bond acceptors (Lipinski definition) is 2. The Morgan fingerprint density at radius 3 is 2.50 bits per heavy atom. The minimum Gasteiger partial charge on any atom is -0.316 e. The van der Waals surface area contributed by atoms with Crippen molar-refractivity contribution in [1.29, 1.82) is 0 Å². The van der Waals surface area contributed by atoms with Gasteiger partial charge in [-0.05, 0) is 49.2 Å². The Morgan fingerprint density at radius 1 is 1.25 bits per heavy atom. The predicted molar refractivity (Wildman–Crippen MR) is 69.5 cm³/mol. The molecule has 2 saturated heterocycles. The molecule has 2 heterocycles. The lowest BCUT2D eigenvalue weighted by Gasteiger charge is -2.28. The van der Waals surface area contributed by atoms with Crippen LogP contribution < -0.4 is 5.32 Å². The molecule has 0 bridgehead atoms. The molecule has 2 nitrogen and oxygen atoms in total. The van der Waals surface area contributed by atoms with E-state index in [2.05, 4.69) is 37.9 Å². The Labute approximate surface area is 101 Å². The Morgan fingerprint density at radius 2 is 2.00 bits per heavy atom. The lowest BCUT2D eigenvalue weighted by Crippen LogP contribution is -2.32. The Bertz CT molecular complexity index is 231. The summed E-state index contributed by atoms with van der Waals surface area (Å²) in [7, 11) is 0. The van der Waals surface area contributed by atoms with Gasteiger partial charge in [-0.15, -0.1) is 0 Å². The first-order valence-electron chi connectivity index (χ1n) is 6.90. The summed E-state index contributed by atoms with van der Waals surface area (Å²) in [6.45, 7) is 16.0. The Kier molecular flexibility index (Phi) is 3.60. The average Bonchev–Trinajstić information content (AvgIpc) is 2.76. The minimum absolute atomic E-state index is 0.494. The van der Waals surface area contributed by atoms with Crippen LogP contribution in [0, 0.1) is 23.2 Å². The first kappa shape index (κ1) is 12.4. The maximum atomic E-state index is 3.51. The summed E-state index contributed by atoms with van der Waals surface area (Å²) in [5.41, 5.74) is 0.494. The van der Waals surface area contributed by atoms with Gasteiger partial charge in [0.2, 0.25) is 0 Å². The van der Waals surface area contributed by atoms with Crippen molar-refractivity contribution in [2.24, 2.45) is 23.2 Å². The van der Waals surface area contributed by atoms with Gasteiger partial charge in [0.05, 0.1) is 0 Å². The molecular formula is C14H28N2. The van der Waals surface area contributed by atoms with Gasteiger partial charge in [-0.1, -0.05) is 27.7 Å². The van der Waals surface area contributed by atoms with Gasteiger partial charge in [-0.2, -0.15) is 0 Å². The molecular weight excluding hydrogens is 196 g/mol. The van der Waals surface area contributed by atoms with Crippen molar-refractivity contribution < 1.29 is 0 Å². The summed E-state index contributed by atoms with van der Waals surface area (Å²) >= 11 is 0. The van der Waals surface area contributed by atoms with Crippen molar-refractivity contribution in [3.63, 3.8) is 0 Å². The van der Waals surface area contributed by atoms with Crippen LogP contribution in [-0.4, -0.2) is 37.6 Å². The summed E-state index contributed by atoms with van der Waals surface area (Å²) in [4.78, 5) is 2.70. The van der Waals surface area contributed by atoms with Gasteiger partial charge < -0.3 is 10.2 Å². The SMILES string of the molecule is CC1CNCC1CN1CCC(C(C)(C)C)C1. The molecule has 2 aliphatic heterocycles. The molecule has 3 unspecified atom stereocenters. The Balaban J connectivity index is 1.81. The van der Waals surface area contributed by atoms with E-state index in [0.29, 0.717) is 5.41 Å². The lowest BCUT2D eigenvalue weighted by molar-refractivity contribution is 0.208. The lowest BCUT2D eigenvalue weighted by atomic mass is 9.80. The van der Waals surface area contributed by atoms with Crippen LogP contribution in [0.3, 0.4) is 0 Å². The van der Waals surface area contributed by atoms with Crippen LogP contribution >= 0.6 is 0 Å². The summed E-state index contributed by atoms with van der Waals surface area (Å²) in [6, 6.07) is 0. The van der Waals surface area contributed by atoms with Crippen LogP contribution in [0.5, 0.6) is 0 Å². The van der Waals surface area contributed by atoms with Crippen molar-refractivity contribution in [3.05, 3.63) is 0 Å². The van der Waals surface area contributed by atoms with E-state index in [4.69, 9.17) is 0 Å². The van der Waals surface area contributed by atoms with Crippen molar-refractivity contribution in [1.82, 2.24) is 10.2 Å². The molecule has 94 valence electrons. The van der Waals surface area contributed by atoms with Gasteiger partial charge in [0.25, 0.3) is 0 Å². The van der Waals surface area contributed by atoms with Crippen molar-refractivity contribution >= 4 is 0 Å². The third-order valence-corrected chi connectivity index (χ3v) is 4.67. The fraction of sp³-hybridized carbons (Fsp3) is 1.00. The van der Waals surface area contributed by atoms with E-state index in [1.165, 1.54) is 39.1 Å². The van der Waals surface area contributed by atoms with E-state index >= 15 is 0 Å². The second-order valence-corrected chi connectivity index (χ2v) is 7.01. The number of nitrogens with one attached hydrogen (secondary N) is 1. The molecule has 2 heteroatoms.